The zero-order valence-electron chi connectivity index (χ0n) is 49.7. The summed E-state index contributed by atoms with van der Waals surface area (Å²) in [6.45, 7) is 50.4. The lowest BCUT2D eigenvalue weighted by atomic mass is 9.70. The van der Waals surface area contributed by atoms with E-state index in [2.05, 4.69) is 154 Å². The second kappa shape index (κ2) is 22.2. The number of rotatable bonds is 0. The van der Waals surface area contributed by atoms with Crippen LogP contribution in [0.4, 0.5) is 0 Å². The van der Waals surface area contributed by atoms with Gasteiger partial charge in [-0.15, -0.1) is 0 Å². The molecule has 15 aliphatic rings. The van der Waals surface area contributed by atoms with E-state index < -0.39 is 0 Å². The van der Waals surface area contributed by atoms with E-state index >= 15 is 0 Å². The zero-order valence-corrected chi connectivity index (χ0v) is 49.7. The number of hydrogen-bond acceptors (Lipinski definition) is 6. The molecule has 6 nitrogen and oxygen atoms in total. The van der Waals surface area contributed by atoms with Gasteiger partial charge in [0.05, 0.1) is 0 Å². The van der Waals surface area contributed by atoms with Crippen LogP contribution in [0.3, 0.4) is 0 Å². The first-order valence-electron chi connectivity index (χ1n) is 30.5. The summed E-state index contributed by atoms with van der Waals surface area (Å²) in [5.74, 6) is 6.22. The van der Waals surface area contributed by atoms with Crippen LogP contribution < -0.4 is 0 Å². The molecular formula is C63H120N6. The highest BCUT2D eigenvalue weighted by Gasteiger charge is 2.47. The summed E-state index contributed by atoms with van der Waals surface area (Å²) in [6.07, 6.45) is 31.1. The summed E-state index contributed by atoms with van der Waals surface area (Å²) in [6, 6.07) is 5.56. The summed E-state index contributed by atoms with van der Waals surface area (Å²) in [5, 5.41) is 0. The minimum atomic E-state index is 0.404. The Morgan fingerprint density at radius 1 is 0.232 bits per heavy atom. The van der Waals surface area contributed by atoms with Gasteiger partial charge in [0.2, 0.25) is 0 Å². The predicted octanol–water partition coefficient (Wildman–Crippen LogP) is 14.8. The van der Waals surface area contributed by atoms with E-state index in [0.717, 1.165) is 71.8 Å². The van der Waals surface area contributed by atoms with Crippen molar-refractivity contribution in [1.29, 1.82) is 0 Å². The van der Waals surface area contributed by atoms with E-state index in [1.807, 2.05) is 0 Å². The van der Waals surface area contributed by atoms with Crippen LogP contribution in [0, 0.1) is 35.5 Å². The van der Waals surface area contributed by atoms with E-state index in [9.17, 15) is 0 Å². The van der Waals surface area contributed by atoms with Gasteiger partial charge in [0.25, 0.3) is 0 Å². The third kappa shape index (κ3) is 14.8. The van der Waals surface area contributed by atoms with Gasteiger partial charge in [-0.25, -0.2) is 0 Å². The minimum absolute atomic E-state index is 0.404. The Balaban J connectivity index is 0.000000122. The van der Waals surface area contributed by atoms with Crippen molar-refractivity contribution in [1.82, 2.24) is 29.4 Å². The van der Waals surface area contributed by atoms with Crippen molar-refractivity contribution in [2.75, 3.05) is 39.3 Å². The Hall–Kier alpha value is -0.240. The van der Waals surface area contributed by atoms with Crippen molar-refractivity contribution < 1.29 is 0 Å². The average Bonchev–Trinajstić information content (AvgIpc) is 4.03. The number of piperidine rings is 8. The lowest BCUT2D eigenvalue weighted by Gasteiger charge is -2.59. The third-order valence-electron chi connectivity index (χ3n) is 20.3. The summed E-state index contributed by atoms with van der Waals surface area (Å²) >= 11 is 0. The normalized spacial score (nSPS) is 37.8. The molecule has 12 bridgehead atoms. The Morgan fingerprint density at radius 2 is 0.551 bits per heavy atom. The first-order chi connectivity index (χ1) is 31.9. The van der Waals surface area contributed by atoms with E-state index in [-0.39, 0.29) is 0 Å². The molecule has 10 heterocycles. The van der Waals surface area contributed by atoms with Crippen LogP contribution >= 0.6 is 0 Å². The van der Waals surface area contributed by atoms with Crippen LogP contribution in [0.25, 0.3) is 0 Å². The van der Waals surface area contributed by atoms with Gasteiger partial charge in [0.1, 0.15) is 0 Å². The van der Waals surface area contributed by atoms with Crippen molar-refractivity contribution in [3.05, 3.63) is 0 Å². The fourth-order valence-corrected chi connectivity index (χ4v) is 16.9. The molecule has 8 atom stereocenters. The topological polar surface area (TPSA) is 19.4 Å². The summed E-state index contributed by atoms with van der Waals surface area (Å²) < 4.78 is 0. The van der Waals surface area contributed by atoms with Crippen molar-refractivity contribution >= 4 is 0 Å². The molecule has 0 aromatic carbocycles. The highest BCUT2D eigenvalue weighted by atomic mass is 15.3. The van der Waals surface area contributed by atoms with Gasteiger partial charge in [0.15, 0.2) is 0 Å². The van der Waals surface area contributed by atoms with Gasteiger partial charge < -0.3 is 0 Å². The van der Waals surface area contributed by atoms with Crippen molar-refractivity contribution in [3.8, 4) is 0 Å². The Kier molecular flexibility index (Phi) is 18.1. The van der Waals surface area contributed by atoms with Crippen LogP contribution in [0.15, 0.2) is 0 Å². The highest BCUT2D eigenvalue weighted by Crippen LogP contribution is 2.45. The molecule has 0 radical (unpaired) electrons. The van der Waals surface area contributed by atoms with Gasteiger partial charge in [-0.3, -0.25) is 29.4 Å². The zero-order chi connectivity index (χ0) is 50.5. The average molecular weight is 962 g/mol. The molecule has 5 saturated carbocycles. The molecule has 69 heavy (non-hydrogen) atoms. The van der Waals surface area contributed by atoms with E-state index in [4.69, 9.17) is 0 Å². The van der Waals surface area contributed by atoms with Crippen LogP contribution in [0.2, 0.25) is 0 Å². The lowest BCUT2D eigenvalue weighted by molar-refractivity contribution is -0.0899. The standard InChI is InChI=1S/3C11H21N.3C10H19N/c1-11(2,3)12-8-9-4-6-10(12)7-5-9;1-11(2,3)12-7-9-4-5-10(6-9)8-12;1-11(2,3)12-9-5-4-6-10(12)8-7-9;1-10(2,3)11-6-8-4-9(5-8)7-11;1-10(2,3)11-7-8-4-5-9(11)6-8;1-10(2,3)11-8-5-4-6-9(11)7-8/h3*9-10H,4-8H2,1-3H3;3*8-9H,4-7H2,1-3H3. The molecule has 0 spiro atoms. The molecule has 10 aliphatic heterocycles. The van der Waals surface area contributed by atoms with Crippen molar-refractivity contribution in [2.24, 2.45) is 35.5 Å². The number of nitrogens with zero attached hydrogens (tertiary/aromatic N) is 6. The lowest BCUT2D eigenvalue weighted by Crippen LogP contribution is -2.65. The minimum Gasteiger partial charge on any atom is -0.298 e. The molecule has 0 N–H and O–H groups in total. The van der Waals surface area contributed by atoms with Crippen molar-refractivity contribution in [3.63, 3.8) is 0 Å². The van der Waals surface area contributed by atoms with Crippen LogP contribution in [0.5, 0.6) is 0 Å². The van der Waals surface area contributed by atoms with Crippen LogP contribution in [-0.4, -0.2) is 138 Å². The number of fused-ring (bicyclic) bond motifs is 13. The molecule has 15 rings (SSSR count). The first-order valence-corrected chi connectivity index (χ1v) is 30.5. The number of likely N-dealkylation sites (tertiary alicyclic amines) is 2. The Bertz CT molecular complexity index is 1500. The fraction of sp³-hybridized carbons (Fsp3) is 1.00. The van der Waals surface area contributed by atoms with Crippen LogP contribution in [-0.2, 0) is 0 Å². The third-order valence-corrected chi connectivity index (χ3v) is 20.3. The molecule has 15 fully saturated rings. The largest absolute Gasteiger partial charge is 0.298 e. The molecule has 0 aromatic heterocycles. The molecule has 402 valence electrons. The second-order valence-corrected chi connectivity index (χ2v) is 32.0. The smallest absolute Gasteiger partial charge is 0.0130 e. The monoisotopic (exact) mass is 961 g/mol. The van der Waals surface area contributed by atoms with Crippen molar-refractivity contribution in [2.45, 2.75) is 329 Å². The number of hydrogen-bond donors (Lipinski definition) is 0. The molecule has 10 saturated heterocycles. The maximum absolute atomic E-state index is 2.77. The van der Waals surface area contributed by atoms with E-state index in [1.165, 1.54) is 174 Å². The molecule has 5 aliphatic carbocycles. The summed E-state index contributed by atoms with van der Waals surface area (Å²) in [5.41, 5.74) is 2.47. The van der Waals surface area contributed by atoms with Gasteiger partial charge in [-0.2, -0.15) is 0 Å². The second-order valence-electron chi connectivity index (χ2n) is 32.0. The van der Waals surface area contributed by atoms with Gasteiger partial charge in [0, 0.05) is 109 Å². The first kappa shape index (κ1) is 56.5. The van der Waals surface area contributed by atoms with Gasteiger partial charge in [-0.1, -0.05) is 12.8 Å². The predicted molar refractivity (Wildman–Crippen MR) is 299 cm³/mol. The maximum atomic E-state index is 2.77. The van der Waals surface area contributed by atoms with E-state index in [0.29, 0.717) is 33.2 Å². The van der Waals surface area contributed by atoms with E-state index in [1.54, 1.807) is 0 Å². The Morgan fingerprint density at radius 3 is 0.826 bits per heavy atom. The summed E-state index contributed by atoms with van der Waals surface area (Å²) in [4.78, 5) is 16.2. The molecule has 6 heteroatoms. The van der Waals surface area contributed by atoms with Gasteiger partial charge >= 0.3 is 0 Å². The molecule has 8 unspecified atom stereocenters. The maximum Gasteiger partial charge on any atom is 0.0130 e. The van der Waals surface area contributed by atoms with Gasteiger partial charge in [-0.05, 0) is 282 Å². The summed E-state index contributed by atoms with van der Waals surface area (Å²) in [7, 11) is 0. The highest BCUT2D eigenvalue weighted by molar-refractivity contribution is 5.03. The van der Waals surface area contributed by atoms with Crippen LogP contribution in [0.1, 0.15) is 259 Å². The molecule has 0 aromatic rings. The molecule has 0 amide bonds. The molecular weight excluding hydrogens is 841 g/mol. The Labute approximate surface area is 431 Å². The quantitative estimate of drug-likeness (QED) is 0.239. The SMILES string of the molecule is CC(C)(C)N1C2CCCC1C2.CC(C)(C)N1C2CCCC1CC2.CC(C)(C)N1CC2CC(C2)C1.CC(C)(C)N1CC2CCC(C2)C1.CC(C)(C)N1CC2CCC1C2.CC(C)(C)N1CC2CCC1CC2. The fourth-order valence-electron chi connectivity index (χ4n) is 16.9.